The third kappa shape index (κ3) is 4.28. The second-order valence-corrected chi connectivity index (χ2v) is 7.29. The van der Waals surface area contributed by atoms with Gasteiger partial charge in [0.2, 0.25) is 0 Å². The van der Waals surface area contributed by atoms with Crippen molar-refractivity contribution in [3.05, 3.63) is 58.1 Å². The zero-order valence-electron chi connectivity index (χ0n) is 16.2. The van der Waals surface area contributed by atoms with Crippen molar-refractivity contribution in [1.29, 1.82) is 0 Å². The highest BCUT2D eigenvalue weighted by Gasteiger charge is 2.28. The van der Waals surface area contributed by atoms with Crippen LogP contribution in [0.3, 0.4) is 0 Å². The number of anilines is 1. The van der Waals surface area contributed by atoms with Crippen LogP contribution in [-0.4, -0.2) is 25.3 Å². The van der Waals surface area contributed by atoms with E-state index in [1.165, 1.54) is 5.01 Å². The highest BCUT2D eigenvalue weighted by Crippen LogP contribution is 2.38. The van der Waals surface area contributed by atoms with Gasteiger partial charge in [0.25, 0.3) is 5.91 Å². The molecule has 0 fully saturated rings. The van der Waals surface area contributed by atoms with E-state index in [9.17, 15) is 4.79 Å². The Morgan fingerprint density at radius 3 is 2.64 bits per heavy atom. The number of amides is 1. The van der Waals surface area contributed by atoms with Crippen LogP contribution in [0.5, 0.6) is 11.5 Å². The molecule has 0 saturated carbocycles. The van der Waals surface area contributed by atoms with Gasteiger partial charge in [-0.25, -0.2) is 0 Å². The van der Waals surface area contributed by atoms with Crippen LogP contribution < -0.4 is 14.5 Å². The number of ether oxygens (including phenoxy) is 2. The van der Waals surface area contributed by atoms with Crippen molar-refractivity contribution in [3.8, 4) is 11.5 Å². The van der Waals surface area contributed by atoms with Gasteiger partial charge >= 0.3 is 0 Å². The van der Waals surface area contributed by atoms with Crippen LogP contribution in [0.15, 0.2) is 57.6 Å². The summed E-state index contributed by atoms with van der Waals surface area (Å²) in [5, 5.41) is 5.84. The van der Waals surface area contributed by atoms with Crippen LogP contribution in [0.1, 0.15) is 32.3 Å². The Morgan fingerprint density at radius 2 is 1.96 bits per heavy atom. The number of nitrogens with zero attached hydrogens (tertiary/aromatic N) is 2. The van der Waals surface area contributed by atoms with Crippen molar-refractivity contribution < 1.29 is 14.3 Å². The minimum absolute atomic E-state index is 0.151. The van der Waals surface area contributed by atoms with Crippen molar-refractivity contribution in [2.45, 2.75) is 26.7 Å². The Hall–Kier alpha value is -2.60. The second kappa shape index (κ2) is 9.06. The molecule has 0 unspecified atom stereocenters. The minimum Gasteiger partial charge on any atom is -0.493 e. The summed E-state index contributed by atoms with van der Waals surface area (Å²) in [6.45, 7) is 4.58. The normalized spacial score (nSPS) is 15.1. The number of carbonyl (C=O) groups excluding carboxylic acids is 1. The van der Waals surface area contributed by atoms with E-state index >= 15 is 0 Å². The molecule has 3 rings (SSSR count). The minimum atomic E-state index is -0.151. The van der Waals surface area contributed by atoms with Crippen molar-refractivity contribution in [1.82, 2.24) is 0 Å². The standard InChI is InChI=1S/C22H23BrN2O3/c1-4-5-11-28-21-19(23)13-16(14-20(21)27-3)12-18-15(2)24-25(22(18)26)17-9-7-6-8-10-17/h6-10,12-14H,4-5,11H2,1-3H3/b18-12-. The molecule has 0 bridgehead atoms. The van der Waals surface area contributed by atoms with Gasteiger partial charge in [0, 0.05) is 0 Å². The molecule has 0 aliphatic carbocycles. The molecule has 0 aromatic heterocycles. The van der Waals surface area contributed by atoms with Gasteiger partial charge in [-0.3, -0.25) is 4.79 Å². The third-order valence-corrected chi connectivity index (χ3v) is 4.96. The van der Waals surface area contributed by atoms with Crippen molar-refractivity contribution in [2.75, 3.05) is 18.7 Å². The van der Waals surface area contributed by atoms with E-state index in [1.807, 2.05) is 55.5 Å². The van der Waals surface area contributed by atoms with E-state index in [-0.39, 0.29) is 5.91 Å². The van der Waals surface area contributed by atoms with E-state index in [2.05, 4.69) is 28.0 Å². The molecule has 0 radical (unpaired) electrons. The number of hydrazone groups is 1. The zero-order chi connectivity index (χ0) is 20.1. The molecule has 1 amide bonds. The first kappa shape index (κ1) is 20.1. The fourth-order valence-corrected chi connectivity index (χ4v) is 3.45. The first-order valence-corrected chi connectivity index (χ1v) is 10.0. The molecule has 0 atom stereocenters. The molecule has 1 heterocycles. The number of unbranched alkanes of at least 4 members (excludes halogenated alkanes) is 1. The number of halogens is 1. The lowest BCUT2D eigenvalue weighted by Gasteiger charge is -2.14. The predicted molar refractivity (Wildman–Crippen MR) is 116 cm³/mol. The maximum atomic E-state index is 12.9. The number of para-hydroxylation sites is 1. The molecular formula is C22H23BrN2O3. The Morgan fingerprint density at radius 1 is 1.21 bits per heavy atom. The highest BCUT2D eigenvalue weighted by atomic mass is 79.9. The van der Waals surface area contributed by atoms with Crippen LogP contribution in [0, 0.1) is 0 Å². The van der Waals surface area contributed by atoms with Crippen LogP contribution >= 0.6 is 15.9 Å². The molecule has 28 heavy (non-hydrogen) atoms. The molecule has 1 aliphatic rings. The Labute approximate surface area is 173 Å². The van der Waals surface area contributed by atoms with E-state index < -0.39 is 0 Å². The molecule has 6 heteroatoms. The molecule has 0 N–H and O–H groups in total. The summed E-state index contributed by atoms with van der Waals surface area (Å²) >= 11 is 3.56. The number of hydrogen-bond acceptors (Lipinski definition) is 4. The first-order valence-electron chi connectivity index (χ1n) is 9.22. The Balaban J connectivity index is 1.90. The third-order valence-electron chi connectivity index (χ3n) is 4.37. The molecule has 2 aromatic rings. The summed E-state index contributed by atoms with van der Waals surface area (Å²) in [7, 11) is 1.61. The first-order chi connectivity index (χ1) is 13.5. The molecule has 5 nitrogen and oxygen atoms in total. The number of benzene rings is 2. The van der Waals surface area contributed by atoms with Gasteiger partial charge < -0.3 is 9.47 Å². The van der Waals surface area contributed by atoms with Gasteiger partial charge in [0.05, 0.1) is 35.2 Å². The fraction of sp³-hybridized carbons (Fsp3) is 0.273. The summed E-state index contributed by atoms with van der Waals surface area (Å²) < 4.78 is 12.1. The second-order valence-electron chi connectivity index (χ2n) is 6.43. The average molecular weight is 443 g/mol. The summed E-state index contributed by atoms with van der Waals surface area (Å²) in [5.41, 5.74) is 2.80. The fourth-order valence-electron chi connectivity index (χ4n) is 2.88. The SMILES string of the molecule is CCCCOc1c(Br)cc(/C=C2\C(=O)N(c3ccccc3)N=C2C)cc1OC. The van der Waals surface area contributed by atoms with Crippen molar-refractivity contribution in [3.63, 3.8) is 0 Å². The summed E-state index contributed by atoms with van der Waals surface area (Å²) in [5.74, 6) is 1.14. The summed E-state index contributed by atoms with van der Waals surface area (Å²) in [4.78, 5) is 12.9. The molecule has 2 aromatic carbocycles. The highest BCUT2D eigenvalue weighted by molar-refractivity contribution is 9.10. The lowest BCUT2D eigenvalue weighted by atomic mass is 10.1. The lowest BCUT2D eigenvalue weighted by Crippen LogP contribution is -2.21. The van der Waals surface area contributed by atoms with Gasteiger partial charge in [0.1, 0.15) is 0 Å². The monoisotopic (exact) mass is 442 g/mol. The topological polar surface area (TPSA) is 51.1 Å². The largest absolute Gasteiger partial charge is 0.493 e. The van der Waals surface area contributed by atoms with E-state index in [1.54, 1.807) is 7.11 Å². The smallest absolute Gasteiger partial charge is 0.280 e. The molecule has 1 aliphatic heterocycles. The quantitative estimate of drug-likeness (QED) is 0.423. The van der Waals surface area contributed by atoms with Gasteiger partial charge in [-0.15, -0.1) is 0 Å². The Bertz CT molecular complexity index is 923. The number of hydrogen-bond donors (Lipinski definition) is 0. The van der Waals surface area contributed by atoms with Gasteiger partial charge in [0.15, 0.2) is 11.5 Å². The van der Waals surface area contributed by atoms with Gasteiger partial charge in [-0.2, -0.15) is 10.1 Å². The van der Waals surface area contributed by atoms with Crippen molar-refractivity contribution >= 4 is 39.3 Å². The summed E-state index contributed by atoms with van der Waals surface area (Å²) in [6.07, 6.45) is 3.86. The van der Waals surface area contributed by atoms with E-state index in [4.69, 9.17) is 9.47 Å². The van der Waals surface area contributed by atoms with Gasteiger partial charge in [-0.05, 0) is 65.2 Å². The summed E-state index contributed by atoms with van der Waals surface area (Å²) in [6, 6.07) is 13.2. The molecular weight excluding hydrogens is 420 g/mol. The maximum absolute atomic E-state index is 12.9. The molecule has 0 saturated heterocycles. The van der Waals surface area contributed by atoms with E-state index in [0.29, 0.717) is 29.4 Å². The van der Waals surface area contributed by atoms with Crippen LogP contribution in [0.25, 0.3) is 6.08 Å². The zero-order valence-corrected chi connectivity index (χ0v) is 17.8. The van der Waals surface area contributed by atoms with Crippen LogP contribution in [-0.2, 0) is 4.79 Å². The molecule has 0 spiro atoms. The number of rotatable bonds is 7. The van der Waals surface area contributed by atoms with Crippen LogP contribution in [0.2, 0.25) is 0 Å². The van der Waals surface area contributed by atoms with E-state index in [0.717, 1.165) is 28.6 Å². The predicted octanol–water partition coefficient (Wildman–Crippen LogP) is 5.44. The molecule has 146 valence electrons. The number of carbonyl (C=O) groups is 1. The Kier molecular flexibility index (Phi) is 6.52. The average Bonchev–Trinajstić information content (AvgIpc) is 2.98. The van der Waals surface area contributed by atoms with Crippen molar-refractivity contribution in [2.24, 2.45) is 5.10 Å². The van der Waals surface area contributed by atoms with Gasteiger partial charge in [-0.1, -0.05) is 31.5 Å². The number of methoxy groups -OCH3 is 1. The lowest BCUT2D eigenvalue weighted by molar-refractivity contribution is -0.114. The maximum Gasteiger partial charge on any atom is 0.280 e. The van der Waals surface area contributed by atoms with Crippen LogP contribution in [0.4, 0.5) is 5.69 Å².